The van der Waals surface area contributed by atoms with E-state index in [1.54, 1.807) is 6.08 Å². The number of hydrogen-bond acceptors (Lipinski definition) is 4. The third-order valence-electron chi connectivity index (χ3n) is 3.30. The number of aromatic nitrogens is 2. The number of hydrogen-bond donors (Lipinski definition) is 1. The molecule has 1 N–H and O–H groups in total. The molecule has 6 nitrogen and oxygen atoms in total. The fraction of sp³-hybridized carbons (Fsp3) is 0.222. The molecule has 0 aliphatic heterocycles. The minimum atomic E-state index is -0.738. The van der Waals surface area contributed by atoms with Crippen LogP contribution in [0.5, 0.6) is 0 Å². The smallest absolute Gasteiger partial charge is 0.330 e. The summed E-state index contributed by atoms with van der Waals surface area (Å²) in [5.74, 6) is 0. The van der Waals surface area contributed by atoms with Crippen molar-refractivity contribution in [2.75, 3.05) is 6.61 Å². The van der Waals surface area contributed by atoms with Gasteiger partial charge in [0.1, 0.15) is 6.10 Å². The van der Waals surface area contributed by atoms with E-state index in [0.29, 0.717) is 6.61 Å². The van der Waals surface area contributed by atoms with E-state index < -0.39 is 23.6 Å². The summed E-state index contributed by atoms with van der Waals surface area (Å²) in [6.07, 6.45) is 3.25. The Kier molecular flexibility index (Phi) is 6.48. The highest BCUT2D eigenvalue weighted by atomic mass is 16.5. The van der Waals surface area contributed by atoms with Crippen LogP contribution in [0.3, 0.4) is 0 Å². The van der Waals surface area contributed by atoms with Gasteiger partial charge in [-0.2, -0.15) is 0 Å². The zero-order valence-electron chi connectivity index (χ0n) is 13.3. The molecule has 0 bridgehead atoms. The summed E-state index contributed by atoms with van der Waals surface area (Å²) in [6.45, 7) is 8.11. The lowest BCUT2D eigenvalue weighted by Gasteiger charge is -2.21. The van der Waals surface area contributed by atoms with Gasteiger partial charge in [-0.05, 0) is 11.6 Å². The summed E-state index contributed by atoms with van der Waals surface area (Å²) in [5, 5.41) is 0. The van der Waals surface area contributed by atoms with Crippen LogP contribution in [0.1, 0.15) is 11.8 Å². The molecule has 1 aromatic carbocycles. The molecule has 2 atom stereocenters. The summed E-state index contributed by atoms with van der Waals surface area (Å²) in [6, 6.07) is 11.0. The van der Waals surface area contributed by atoms with Crippen molar-refractivity contribution in [3.8, 4) is 0 Å². The number of rotatable bonds is 9. The lowest BCUT2D eigenvalue weighted by molar-refractivity contribution is -0.0490. The van der Waals surface area contributed by atoms with Crippen LogP contribution in [0, 0.1) is 0 Å². The number of aromatic amines is 1. The first-order chi connectivity index (χ1) is 11.6. The highest BCUT2D eigenvalue weighted by molar-refractivity contribution is 5.13. The van der Waals surface area contributed by atoms with Gasteiger partial charge < -0.3 is 9.47 Å². The topological polar surface area (TPSA) is 73.3 Å². The first kappa shape index (κ1) is 17.7. The quantitative estimate of drug-likeness (QED) is 0.715. The Balaban J connectivity index is 1.97. The lowest BCUT2D eigenvalue weighted by Crippen LogP contribution is -2.33. The number of benzene rings is 1. The Hall–Kier alpha value is -2.70. The predicted molar refractivity (Wildman–Crippen MR) is 91.7 cm³/mol. The Labute approximate surface area is 139 Å². The van der Waals surface area contributed by atoms with Crippen LogP contribution in [0.15, 0.2) is 77.5 Å². The molecule has 24 heavy (non-hydrogen) atoms. The van der Waals surface area contributed by atoms with Crippen molar-refractivity contribution in [3.63, 3.8) is 0 Å². The fourth-order valence-electron chi connectivity index (χ4n) is 2.07. The zero-order valence-corrected chi connectivity index (χ0v) is 13.3. The molecular formula is C18H20N2O4. The summed E-state index contributed by atoms with van der Waals surface area (Å²) in [4.78, 5) is 25.1. The summed E-state index contributed by atoms with van der Waals surface area (Å²) in [7, 11) is 0. The molecule has 2 aromatic rings. The molecule has 0 spiro atoms. The van der Waals surface area contributed by atoms with Gasteiger partial charge in [-0.25, -0.2) is 4.79 Å². The molecule has 0 amide bonds. The van der Waals surface area contributed by atoms with E-state index in [2.05, 4.69) is 18.1 Å². The van der Waals surface area contributed by atoms with E-state index in [1.807, 2.05) is 30.3 Å². The third kappa shape index (κ3) is 4.91. The molecule has 6 heteroatoms. The van der Waals surface area contributed by atoms with Crippen molar-refractivity contribution < 1.29 is 9.47 Å². The third-order valence-corrected chi connectivity index (χ3v) is 3.30. The number of ether oxygens (including phenoxy) is 2. The van der Waals surface area contributed by atoms with E-state index in [-0.39, 0.29) is 6.61 Å². The Morgan fingerprint density at radius 1 is 1.12 bits per heavy atom. The normalized spacial score (nSPS) is 13.2. The van der Waals surface area contributed by atoms with Gasteiger partial charge >= 0.3 is 5.69 Å². The summed E-state index contributed by atoms with van der Waals surface area (Å²) < 4.78 is 12.6. The van der Waals surface area contributed by atoms with Gasteiger partial charge in [-0.15, -0.1) is 6.58 Å². The van der Waals surface area contributed by atoms with Gasteiger partial charge in [0.2, 0.25) is 0 Å². The van der Waals surface area contributed by atoms with Crippen LogP contribution in [0.25, 0.3) is 0 Å². The van der Waals surface area contributed by atoms with Crippen molar-refractivity contribution >= 4 is 0 Å². The number of nitrogens with one attached hydrogen (secondary N) is 1. The van der Waals surface area contributed by atoms with Gasteiger partial charge in [0.25, 0.3) is 5.56 Å². The Morgan fingerprint density at radius 3 is 2.50 bits per heavy atom. The number of H-pyrrole nitrogens is 1. The standard InChI is InChI=1S/C18H20N2O4/c1-3-15(13-23-12-14-8-6-5-7-9-14)24-17(4-2)20-11-10-16(21)19-18(20)22/h3-11,15,17H,1-2,12-13H2,(H,19,21,22)/t15-,17+/m0/s1. The second kappa shape index (κ2) is 8.81. The molecule has 126 valence electrons. The molecule has 0 aliphatic rings. The zero-order chi connectivity index (χ0) is 17.4. The fourth-order valence-corrected chi connectivity index (χ4v) is 2.07. The van der Waals surface area contributed by atoms with Crippen molar-refractivity contribution in [2.24, 2.45) is 0 Å². The maximum absolute atomic E-state index is 11.8. The average Bonchev–Trinajstić information content (AvgIpc) is 2.59. The van der Waals surface area contributed by atoms with Crippen LogP contribution in [-0.4, -0.2) is 22.3 Å². The maximum atomic E-state index is 11.8. The molecule has 0 saturated heterocycles. The van der Waals surface area contributed by atoms with Crippen molar-refractivity contribution in [1.82, 2.24) is 9.55 Å². The van der Waals surface area contributed by atoms with Crippen LogP contribution in [-0.2, 0) is 16.1 Å². The summed E-state index contributed by atoms with van der Waals surface area (Å²) >= 11 is 0. The molecule has 0 aliphatic carbocycles. The SMILES string of the molecule is C=C[C@@H](COCc1ccccc1)O[C@H](C=C)n1ccc(=O)[nH]c1=O. The summed E-state index contributed by atoms with van der Waals surface area (Å²) in [5.41, 5.74) is 0.0170. The monoisotopic (exact) mass is 328 g/mol. The Bertz CT molecular complexity index is 779. The van der Waals surface area contributed by atoms with E-state index in [1.165, 1.54) is 22.9 Å². The number of nitrogens with zero attached hydrogens (tertiary/aromatic N) is 1. The molecule has 0 fully saturated rings. The second-order valence-electron chi connectivity index (χ2n) is 5.05. The molecule has 1 aromatic heterocycles. The molecule has 1 heterocycles. The first-order valence-electron chi connectivity index (χ1n) is 7.47. The second-order valence-corrected chi connectivity index (χ2v) is 5.05. The highest BCUT2D eigenvalue weighted by Gasteiger charge is 2.15. The van der Waals surface area contributed by atoms with Gasteiger partial charge in [-0.1, -0.05) is 43.0 Å². The first-order valence-corrected chi connectivity index (χ1v) is 7.47. The molecule has 0 unspecified atom stereocenters. The maximum Gasteiger partial charge on any atom is 0.330 e. The van der Waals surface area contributed by atoms with Crippen molar-refractivity contribution in [1.29, 1.82) is 0 Å². The van der Waals surface area contributed by atoms with E-state index in [9.17, 15) is 9.59 Å². The average molecular weight is 328 g/mol. The van der Waals surface area contributed by atoms with Gasteiger partial charge in [0.15, 0.2) is 6.23 Å². The van der Waals surface area contributed by atoms with Gasteiger partial charge in [-0.3, -0.25) is 14.3 Å². The largest absolute Gasteiger partial charge is 0.374 e. The van der Waals surface area contributed by atoms with Crippen LogP contribution < -0.4 is 11.2 Å². The van der Waals surface area contributed by atoms with E-state index in [4.69, 9.17) is 9.47 Å². The van der Waals surface area contributed by atoms with Gasteiger partial charge in [0.05, 0.1) is 13.2 Å². The molecule has 0 radical (unpaired) electrons. The van der Waals surface area contributed by atoms with E-state index in [0.717, 1.165) is 5.56 Å². The lowest BCUT2D eigenvalue weighted by atomic mass is 10.2. The van der Waals surface area contributed by atoms with Crippen molar-refractivity contribution in [2.45, 2.75) is 18.9 Å². The molecule has 0 saturated carbocycles. The van der Waals surface area contributed by atoms with Crippen molar-refractivity contribution in [3.05, 3.63) is 94.3 Å². The molecular weight excluding hydrogens is 308 g/mol. The Morgan fingerprint density at radius 2 is 1.88 bits per heavy atom. The van der Waals surface area contributed by atoms with E-state index >= 15 is 0 Å². The minimum absolute atomic E-state index is 0.279. The van der Waals surface area contributed by atoms with Crippen LogP contribution in [0.2, 0.25) is 0 Å². The molecule has 2 rings (SSSR count). The minimum Gasteiger partial charge on any atom is -0.374 e. The highest BCUT2D eigenvalue weighted by Crippen LogP contribution is 2.12. The van der Waals surface area contributed by atoms with Crippen LogP contribution >= 0.6 is 0 Å². The predicted octanol–water partition coefficient (Wildman–Crippen LogP) is 2.01. The van der Waals surface area contributed by atoms with Crippen LogP contribution in [0.4, 0.5) is 0 Å². The van der Waals surface area contributed by atoms with Gasteiger partial charge in [0, 0.05) is 12.3 Å².